The minimum Gasteiger partial charge on any atom is -0.317 e. The average Bonchev–Trinajstić information content (AvgIpc) is 3.44. The van der Waals surface area contributed by atoms with Gasteiger partial charge in [0.05, 0.1) is 11.0 Å². The van der Waals surface area contributed by atoms with Crippen LogP contribution in [0.3, 0.4) is 0 Å². The Kier molecular flexibility index (Phi) is 4.55. The van der Waals surface area contributed by atoms with E-state index in [2.05, 4.69) is 20.2 Å². The largest absolute Gasteiger partial charge is 0.317 e. The molecule has 3 aromatic heterocycles. The second-order valence-electron chi connectivity index (χ2n) is 9.18. The zero-order valence-corrected chi connectivity index (χ0v) is 18.5. The first-order valence-electron chi connectivity index (χ1n) is 11.4. The smallest absolute Gasteiger partial charge is 0.294 e. The van der Waals surface area contributed by atoms with E-state index in [4.69, 9.17) is 0 Å². The molecule has 2 aliphatic rings. The molecule has 174 valence electrons. The summed E-state index contributed by atoms with van der Waals surface area (Å²) in [5.74, 6) is -1.89. The van der Waals surface area contributed by atoms with Crippen LogP contribution in [-0.4, -0.2) is 42.9 Å². The molecule has 0 atom stereocenters. The van der Waals surface area contributed by atoms with Crippen molar-refractivity contribution in [1.82, 2.24) is 24.6 Å². The van der Waals surface area contributed by atoms with E-state index in [9.17, 15) is 18.4 Å². The number of alkyl halides is 2. The van der Waals surface area contributed by atoms with Gasteiger partial charge in [-0.05, 0) is 55.5 Å². The molecule has 34 heavy (non-hydrogen) atoms. The lowest BCUT2D eigenvalue weighted by molar-refractivity contribution is -0.0388. The number of nitrogens with zero attached hydrogens (tertiary/aromatic N) is 5. The van der Waals surface area contributed by atoms with E-state index in [0.717, 1.165) is 17.5 Å². The van der Waals surface area contributed by atoms with Crippen LogP contribution in [0.4, 0.5) is 14.6 Å². The number of H-pyrrole nitrogens is 1. The molecule has 10 heteroatoms. The Morgan fingerprint density at radius 1 is 1.21 bits per heavy atom. The molecular formula is C24H22F2N6O2. The SMILES string of the molecule is Cc1cc2c(cc1C(=O)N1CCc3cccnc31)[nH]c(=O)c1nnc(C3CCC(F)(F)CC3)n12. The molecule has 0 unspecified atom stereocenters. The molecule has 1 aromatic carbocycles. The molecule has 1 aliphatic heterocycles. The third kappa shape index (κ3) is 3.19. The van der Waals surface area contributed by atoms with Crippen LogP contribution in [0, 0.1) is 6.92 Å². The van der Waals surface area contributed by atoms with Gasteiger partial charge in [-0.2, -0.15) is 0 Å². The Balaban J connectivity index is 1.46. The number of hydrogen-bond acceptors (Lipinski definition) is 5. The fourth-order valence-corrected chi connectivity index (χ4v) is 5.18. The van der Waals surface area contributed by atoms with Crippen molar-refractivity contribution in [1.29, 1.82) is 0 Å². The van der Waals surface area contributed by atoms with Gasteiger partial charge < -0.3 is 4.98 Å². The van der Waals surface area contributed by atoms with Gasteiger partial charge in [-0.1, -0.05) is 6.07 Å². The molecule has 4 aromatic rings. The molecule has 1 fully saturated rings. The van der Waals surface area contributed by atoms with Crippen molar-refractivity contribution in [3.63, 3.8) is 0 Å². The maximum atomic E-state index is 13.7. The zero-order chi connectivity index (χ0) is 23.6. The maximum absolute atomic E-state index is 13.7. The number of aromatic amines is 1. The standard InChI is InChI=1S/C24H22F2N6O2/c1-13-11-18-17(12-16(13)23(34)31-10-6-14-3-2-9-27-19(14)31)28-22(33)21-30-29-20(32(18)21)15-4-7-24(25,26)8-5-15/h2-3,9,11-12,15H,4-8,10H2,1H3,(H,28,33). The second-order valence-corrected chi connectivity index (χ2v) is 9.18. The van der Waals surface area contributed by atoms with Gasteiger partial charge in [0, 0.05) is 37.1 Å². The summed E-state index contributed by atoms with van der Waals surface area (Å²) < 4.78 is 29.1. The van der Waals surface area contributed by atoms with E-state index in [1.807, 2.05) is 25.1 Å². The lowest BCUT2D eigenvalue weighted by atomic mass is 9.86. The first kappa shape index (κ1) is 20.9. The van der Waals surface area contributed by atoms with Crippen molar-refractivity contribution >= 4 is 28.4 Å². The highest BCUT2D eigenvalue weighted by molar-refractivity contribution is 6.09. The number of anilines is 1. The number of carbonyl (C=O) groups is 1. The summed E-state index contributed by atoms with van der Waals surface area (Å²) >= 11 is 0. The van der Waals surface area contributed by atoms with Crippen LogP contribution >= 0.6 is 0 Å². The molecule has 0 saturated heterocycles. The minimum atomic E-state index is -2.66. The summed E-state index contributed by atoms with van der Waals surface area (Å²) in [4.78, 5) is 35.1. The molecule has 0 bridgehead atoms. The van der Waals surface area contributed by atoms with Gasteiger partial charge in [0.15, 0.2) is 0 Å². The Morgan fingerprint density at radius 2 is 2.00 bits per heavy atom. The Labute approximate surface area is 192 Å². The summed E-state index contributed by atoms with van der Waals surface area (Å²) in [6, 6.07) is 7.32. The van der Waals surface area contributed by atoms with E-state index in [-0.39, 0.29) is 43.2 Å². The third-order valence-electron chi connectivity index (χ3n) is 7.01. The molecule has 4 heterocycles. The number of rotatable bonds is 2. The van der Waals surface area contributed by atoms with Crippen LogP contribution in [-0.2, 0) is 6.42 Å². The molecule has 1 saturated carbocycles. The number of pyridine rings is 1. The zero-order valence-electron chi connectivity index (χ0n) is 18.5. The topological polar surface area (TPSA) is 96.2 Å². The molecule has 8 nitrogen and oxygen atoms in total. The summed E-state index contributed by atoms with van der Waals surface area (Å²) in [7, 11) is 0. The van der Waals surface area contributed by atoms with Gasteiger partial charge in [-0.25, -0.2) is 13.8 Å². The number of amides is 1. The van der Waals surface area contributed by atoms with Crippen molar-refractivity contribution in [3.8, 4) is 0 Å². The molecule has 0 radical (unpaired) electrons. The van der Waals surface area contributed by atoms with Crippen LogP contribution in [0.25, 0.3) is 16.7 Å². The van der Waals surface area contributed by atoms with Crippen LogP contribution in [0.15, 0.2) is 35.3 Å². The fraction of sp³-hybridized carbons (Fsp3) is 0.375. The lowest BCUT2D eigenvalue weighted by Crippen LogP contribution is -2.30. The molecule has 1 aliphatic carbocycles. The van der Waals surface area contributed by atoms with Gasteiger partial charge in [-0.15, -0.1) is 10.2 Å². The Bertz CT molecular complexity index is 1520. The predicted octanol–water partition coefficient (Wildman–Crippen LogP) is 3.77. The number of fused-ring (bicyclic) bond motifs is 4. The quantitative estimate of drug-likeness (QED) is 0.487. The van der Waals surface area contributed by atoms with E-state index < -0.39 is 11.5 Å². The van der Waals surface area contributed by atoms with Gasteiger partial charge in [0.1, 0.15) is 11.6 Å². The highest BCUT2D eigenvalue weighted by atomic mass is 19.3. The van der Waals surface area contributed by atoms with Crippen LogP contribution in [0.1, 0.15) is 58.9 Å². The van der Waals surface area contributed by atoms with Gasteiger partial charge in [0.25, 0.3) is 11.5 Å². The average molecular weight is 464 g/mol. The van der Waals surface area contributed by atoms with Gasteiger partial charge >= 0.3 is 0 Å². The summed E-state index contributed by atoms with van der Waals surface area (Å²) in [5, 5.41) is 8.27. The van der Waals surface area contributed by atoms with Crippen molar-refractivity contribution in [2.75, 3.05) is 11.4 Å². The van der Waals surface area contributed by atoms with Crippen LogP contribution in [0.5, 0.6) is 0 Å². The molecule has 1 amide bonds. The number of aromatic nitrogens is 5. The normalized spacial score (nSPS) is 18.0. The Hall–Kier alpha value is -3.69. The number of nitrogens with one attached hydrogen (secondary N) is 1. The maximum Gasteiger partial charge on any atom is 0.294 e. The predicted molar refractivity (Wildman–Crippen MR) is 122 cm³/mol. The van der Waals surface area contributed by atoms with Crippen LogP contribution < -0.4 is 10.5 Å². The fourth-order valence-electron chi connectivity index (χ4n) is 5.18. The van der Waals surface area contributed by atoms with E-state index in [1.54, 1.807) is 21.6 Å². The first-order chi connectivity index (χ1) is 16.3. The highest BCUT2D eigenvalue weighted by Crippen LogP contribution is 2.40. The second kappa shape index (κ2) is 7.41. The van der Waals surface area contributed by atoms with Crippen molar-refractivity contribution in [3.05, 3.63) is 63.3 Å². The van der Waals surface area contributed by atoms with Crippen molar-refractivity contribution < 1.29 is 13.6 Å². The van der Waals surface area contributed by atoms with E-state index >= 15 is 0 Å². The summed E-state index contributed by atoms with van der Waals surface area (Å²) in [6.07, 6.45) is 2.54. The number of aryl methyl sites for hydroxylation is 1. The monoisotopic (exact) mass is 464 g/mol. The summed E-state index contributed by atoms with van der Waals surface area (Å²) in [6.45, 7) is 2.38. The van der Waals surface area contributed by atoms with Gasteiger partial charge in [-0.3, -0.25) is 18.9 Å². The van der Waals surface area contributed by atoms with E-state index in [0.29, 0.717) is 34.8 Å². The number of hydrogen-bond donors (Lipinski definition) is 1. The molecule has 6 rings (SSSR count). The Morgan fingerprint density at radius 3 is 2.79 bits per heavy atom. The van der Waals surface area contributed by atoms with Crippen molar-refractivity contribution in [2.45, 2.75) is 50.9 Å². The van der Waals surface area contributed by atoms with Gasteiger partial charge in [0.2, 0.25) is 11.6 Å². The molecule has 1 N–H and O–H groups in total. The number of benzene rings is 1. The van der Waals surface area contributed by atoms with Crippen molar-refractivity contribution in [2.24, 2.45) is 0 Å². The number of halogens is 2. The summed E-state index contributed by atoms with van der Waals surface area (Å²) in [5.41, 5.74) is 3.00. The minimum absolute atomic E-state index is 0.121. The van der Waals surface area contributed by atoms with E-state index in [1.165, 1.54) is 0 Å². The number of carbonyl (C=O) groups excluding carboxylic acids is 1. The first-order valence-corrected chi connectivity index (χ1v) is 11.4. The third-order valence-corrected chi connectivity index (χ3v) is 7.01. The molecular weight excluding hydrogens is 442 g/mol. The molecule has 0 spiro atoms. The lowest BCUT2D eigenvalue weighted by Gasteiger charge is -2.27. The highest BCUT2D eigenvalue weighted by Gasteiger charge is 2.37. The van der Waals surface area contributed by atoms with Crippen LogP contribution in [0.2, 0.25) is 0 Å².